The molecule has 1 N–H and O–H groups in total. The smallest absolute Gasteiger partial charge is 0.218 e. The molecule has 1 saturated carbocycles. The molecule has 21 heavy (non-hydrogen) atoms. The summed E-state index contributed by atoms with van der Waals surface area (Å²) in [5, 5.41) is 3.51. The van der Waals surface area contributed by atoms with Crippen molar-refractivity contribution in [3.05, 3.63) is 22.3 Å². The zero-order valence-corrected chi connectivity index (χ0v) is 15.2. The quantitative estimate of drug-likeness (QED) is 0.851. The minimum atomic E-state index is 0.0832. The van der Waals surface area contributed by atoms with Crippen LogP contribution in [0.2, 0.25) is 0 Å². The SMILES string of the molecule is CC1CCC(Oc2ncc(Br)cc2CNC(C)(C)C)CC1. The number of aromatic nitrogens is 1. The molecule has 0 spiro atoms. The van der Waals surface area contributed by atoms with Crippen LogP contribution < -0.4 is 10.1 Å². The summed E-state index contributed by atoms with van der Waals surface area (Å²) in [6, 6.07) is 2.10. The van der Waals surface area contributed by atoms with Crippen molar-refractivity contribution in [3.63, 3.8) is 0 Å². The van der Waals surface area contributed by atoms with Crippen molar-refractivity contribution < 1.29 is 4.74 Å². The fourth-order valence-electron chi connectivity index (χ4n) is 2.57. The van der Waals surface area contributed by atoms with Crippen LogP contribution in [0, 0.1) is 5.92 Å². The molecule has 0 atom stereocenters. The van der Waals surface area contributed by atoms with Gasteiger partial charge in [0.05, 0.1) is 0 Å². The van der Waals surface area contributed by atoms with Crippen LogP contribution in [0.3, 0.4) is 0 Å². The number of rotatable bonds is 4. The maximum absolute atomic E-state index is 6.18. The van der Waals surface area contributed by atoms with Crippen molar-refractivity contribution in [2.24, 2.45) is 5.92 Å². The van der Waals surface area contributed by atoms with Gasteiger partial charge in [-0.1, -0.05) is 6.92 Å². The summed E-state index contributed by atoms with van der Waals surface area (Å²) in [5.41, 5.74) is 1.21. The topological polar surface area (TPSA) is 34.1 Å². The van der Waals surface area contributed by atoms with E-state index < -0.39 is 0 Å². The summed E-state index contributed by atoms with van der Waals surface area (Å²) < 4.78 is 7.18. The Morgan fingerprint density at radius 1 is 1.29 bits per heavy atom. The van der Waals surface area contributed by atoms with Crippen molar-refractivity contribution in [1.29, 1.82) is 0 Å². The van der Waals surface area contributed by atoms with Gasteiger partial charge in [-0.15, -0.1) is 0 Å². The third-order valence-electron chi connectivity index (χ3n) is 3.94. The molecule has 1 fully saturated rings. The van der Waals surface area contributed by atoms with Gasteiger partial charge in [0, 0.05) is 28.3 Å². The summed E-state index contributed by atoms with van der Waals surface area (Å²) >= 11 is 3.50. The first-order chi connectivity index (χ1) is 9.83. The van der Waals surface area contributed by atoms with E-state index in [1.807, 2.05) is 6.20 Å². The van der Waals surface area contributed by atoms with E-state index in [1.165, 1.54) is 12.8 Å². The van der Waals surface area contributed by atoms with Crippen molar-refractivity contribution in [2.75, 3.05) is 0 Å². The first-order valence-electron chi connectivity index (χ1n) is 7.89. The van der Waals surface area contributed by atoms with Crippen LogP contribution in [0.1, 0.15) is 58.9 Å². The number of halogens is 1. The van der Waals surface area contributed by atoms with Gasteiger partial charge < -0.3 is 10.1 Å². The second-order valence-corrected chi connectivity index (χ2v) is 8.14. The highest BCUT2D eigenvalue weighted by atomic mass is 79.9. The Hall–Kier alpha value is -0.610. The fraction of sp³-hybridized carbons (Fsp3) is 0.706. The monoisotopic (exact) mass is 354 g/mol. The Bertz CT molecular complexity index is 462. The van der Waals surface area contributed by atoms with Crippen LogP contribution in [-0.4, -0.2) is 16.6 Å². The largest absolute Gasteiger partial charge is 0.474 e. The van der Waals surface area contributed by atoms with E-state index in [0.717, 1.165) is 41.2 Å². The van der Waals surface area contributed by atoms with Crippen LogP contribution >= 0.6 is 15.9 Å². The van der Waals surface area contributed by atoms with E-state index in [-0.39, 0.29) is 5.54 Å². The molecule has 0 saturated heterocycles. The maximum atomic E-state index is 6.18. The Kier molecular flexibility index (Phi) is 5.67. The number of hydrogen-bond acceptors (Lipinski definition) is 3. The Labute approximate surface area is 137 Å². The molecule has 4 heteroatoms. The highest BCUT2D eigenvalue weighted by Gasteiger charge is 2.21. The number of ether oxygens (including phenoxy) is 1. The van der Waals surface area contributed by atoms with Crippen molar-refractivity contribution in [2.45, 2.75) is 71.6 Å². The first kappa shape index (κ1) is 16.8. The molecule has 1 heterocycles. The van der Waals surface area contributed by atoms with E-state index in [4.69, 9.17) is 4.74 Å². The predicted molar refractivity (Wildman–Crippen MR) is 90.6 cm³/mol. The van der Waals surface area contributed by atoms with E-state index in [0.29, 0.717) is 6.10 Å². The van der Waals surface area contributed by atoms with Gasteiger partial charge in [-0.05, 0) is 74.4 Å². The predicted octanol–water partition coefficient (Wildman–Crippen LogP) is 4.69. The Morgan fingerprint density at radius 3 is 2.57 bits per heavy atom. The van der Waals surface area contributed by atoms with Crippen LogP contribution in [-0.2, 0) is 6.54 Å². The lowest BCUT2D eigenvalue weighted by Crippen LogP contribution is -2.35. The Balaban J connectivity index is 2.04. The first-order valence-corrected chi connectivity index (χ1v) is 8.69. The molecule has 0 amide bonds. The molecule has 1 aromatic heterocycles. The lowest BCUT2D eigenvalue weighted by molar-refractivity contribution is 0.128. The molecule has 0 unspecified atom stereocenters. The molecule has 3 nitrogen and oxygen atoms in total. The molecular formula is C17H27BrN2O. The van der Waals surface area contributed by atoms with Crippen LogP contribution in [0.5, 0.6) is 5.88 Å². The Morgan fingerprint density at radius 2 is 1.95 bits per heavy atom. The van der Waals surface area contributed by atoms with Crippen LogP contribution in [0.4, 0.5) is 0 Å². The number of nitrogens with one attached hydrogen (secondary N) is 1. The normalized spacial score (nSPS) is 23.1. The van der Waals surface area contributed by atoms with Gasteiger partial charge in [-0.3, -0.25) is 0 Å². The third kappa shape index (κ3) is 5.59. The second-order valence-electron chi connectivity index (χ2n) is 7.22. The second kappa shape index (κ2) is 7.10. The van der Waals surface area contributed by atoms with Gasteiger partial charge in [0.2, 0.25) is 5.88 Å². The number of pyridine rings is 1. The van der Waals surface area contributed by atoms with Crippen molar-refractivity contribution >= 4 is 15.9 Å². The van der Waals surface area contributed by atoms with Gasteiger partial charge >= 0.3 is 0 Å². The van der Waals surface area contributed by atoms with E-state index in [1.54, 1.807) is 0 Å². The average Bonchev–Trinajstić information content (AvgIpc) is 2.40. The number of hydrogen-bond donors (Lipinski definition) is 1. The minimum Gasteiger partial charge on any atom is -0.474 e. The molecular weight excluding hydrogens is 328 g/mol. The van der Waals surface area contributed by atoms with E-state index >= 15 is 0 Å². The number of nitrogens with zero attached hydrogens (tertiary/aromatic N) is 1. The van der Waals surface area contributed by atoms with E-state index in [2.05, 4.69) is 60.0 Å². The van der Waals surface area contributed by atoms with Gasteiger partial charge in [0.25, 0.3) is 0 Å². The molecule has 1 aromatic rings. The molecule has 118 valence electrons. The molecule has 0 bridgehead atoms. The standard InChI is InChI=1S/C17H27BrN2O/c1-12-5-7-15(8-6-12)21-16-13(9-14(18)11-19-16)10-20-17(2,3)4/h9,11-12,15,20H,5-8,10H2,1-4H3. The minimum absolute atomic E-state index is 0.0832. The summed E-state index contributed by atoms with van der Waals surface area (Å²) in [6.45, 7) is 9.60. The third-order valence-corrected chi connectivity index (χ3v) is 4.38. The van der Waals surface area contributed by atoms with Crippen LogP contribution in [0.25, 0.3) is 0 Å². The van der Waals surface area contributed by atoms with Gasteiger partial charge in [-0.25, -0.2) is 4.98 Å². The van der Waals surface area contributed by atoms with Gasteiger partial charge in [-0.2, -0.15) is 0 Å². The van der Waals surface area contributed by atoms with Gasteiger partial charge in [0.15, 0.2) is 0 Å². The molecule has 0 aliphatic heterocycles. The fourth-order valence-corrected chi connectivity index (χ4v) is 2.95. The summed E-state index contributed by atoms with van der Waals surface area (Å²) in [6.07, 6.45) is 6.95. The highest BCUT2D eigenvalue weighted by Crippen LogP contribution is 2.28. The summed E-state index contributed by atoms with van der Waals surface area (Å²) in [5.74, 6) is 1.62. The van der Waals surface area contributed by atoms with Crippen molar-refractivity contribution in [3.8, 4) is 5.88 Å². The summed E-state index contributed by atoms with van der Waals surface area (Å²) in [4.78, 5) is 4.48. The van der Waals surface area contributed by atoms with E-state index in [9.17, 15) is 0 Å². The molecule has 0 aromatic carbocycles. The molecule has 2 rings (SSSR count). The average molecular weight is 355 g/mol. The van der Waals surface area contributed by atoms with Crippen molar-refractivity contribution in [1.82, 2.24) is 10.3 Å². The molecule has 0 radical (unpaired) electrons. The highest BCUT2D eigenvalue weighted by molar-refractivity contribution is 9.10. The maximum Gasteiger partial charge on any atom is 0.218 e. The zero-order valence-electron chi connectivity index (χ0n) is 13.6. The lowest BCUT2D eigenvalue weighted by Gasteiger charge is -2.27. The van der Waals surface area contributed by atoms with Gasteiger partial charge in [0.1, 0.15) is 6.10 Å². The summed E-state index contributed by atoms with van der Waals surface area (Å²) in [7, 11) is 0. The zero-order chi connectivity index (χ0) is 15.5. The molecule has 1 aliphatic rings. The van der Waals surface area contributed by atoms with Crippen LogP contribution in [0.15, 0.2) is 16.7 Å². The molecule has 1 aliphatic carbocycles. The lowest BCUT2D eigenvalue weighted by atomic mass is 9.89.